The van der Waals surface area contributed by atoms with Gasteiger partial charge in [0.05, 0.1) is 12.1 Å². The summed E-state index contributed by atoms with van der Waals surface area (Å²) in [6.07, 6.45) is -4.16. The first-order valence-corrected chi connectivity index (χ1v) is 5.05. The normalized spacial score (nSPS) is 12.2. The second-order valence-corrected chi connectivity index (χ2v) is 3.94. The molecule has 0 aliphatic carbocycles. The van der Waals surface area contributed by atoms with Crippen LogP contribution in [0, 0.1) is 13.8 Å². The zero-order valence-corrected chi connectivity index (χ0v) is 9.75. The number of aryl methyl sites for hydroxylation is 1. The average molecular weight is 268 g/mol. The monoisotopic (exact) mass is 268 g/mol. The number of alkyl halides is 4. The van der Waals surface area contributed by atoms with E-state index in [2.05, 4.69) is 5.10 Å². The minimum Gasteiger partial charge on any atom is -0.481 e. The maximum Gasteiger partial charge on any atom is 0.326 e. The summed E-state index contributed by atoms with van der Waals surface area (Å²) >= 11 is 0. The molecule has 0 radical (unpaired) electrons. The molecule has 1 rings (SSSR count). The van der Waals surface area contributed by atoms with Crippen LogP contribution in [0.2, 0.25) is 0 Å². The lowest BCUT2D eigenvalue weighted by Crippen LogP contribution is -2.33. The van der Waals surface area contributed by atoms with Crippen molar-refractivity contribution in [3.8, 4) is 0 Å². The molecular weight excluding hydrogens is 256 g/mol. The Morgan fingerprint density at radius 3 is 2.44 bits per heavy atom. The summed E-state index contributed by atoms with van der Waals surface area (Å²) in [5.41, 5.74) is 0.683. The Hall–Kier alpha value is -1.60. The number of carboxylic acid groups (broad SMARTS) is 1. The highest BCUT2D eigenvalue weighted by molar-refractivity contribution is 5.70. The van der Waals surface area contributed by atoms with Gasteiger partial charge in [0.25, 0.3) is 0 Å². The number of hydrogen-bond donors (Lipinski definition) is 1. The molecule has 0 fully saturated rings. The Morgan fingerprint density at radius 1 is 1.44 bits per heavy atom. The summed E-state index contributed by atoms with van der Waals surface area (Å²) in [5, 5.41) is 12.3. The molecule has 8 heteroatoms. The van der Waals surface area contributed by atoms with Crippen molar-refractivity contribution in [3.63, 3.8) is 0 Å². The van der Waals surface area contributed by atoms with Crippen molar-refractivity contribution < 1.29 is 27.5 Å². The van der Waals surface area contributed by atoms with Gasteiger partial charge in [-0.1, -0.05) is 0 Å². The highest BCUT2D eigenvalue weighted by Gasteiger charge is 2.42. The molecule has 1 heterocycles. The van der Waals surface area contributed by atoms with Gasteiger partial charge in [0.1, 0.15) is 6.54 Å². The van der Waals surface area contributed by atoms with Crippen LogP contribution in [0.4, 0.5) is 17.6 Å². The fourth-order valence-electron chi connectivity index (χ4n) is 1.56. The smallest absolute Gasteiger partial charge is 0.326 e. The van der Waals surface area contributed by atoms with Gasteiger partial charge < -0.3 is 5.11 Å². The molecule has 0 aliphatic rings. The van der Waals surface area contributed by atoms with Crippen LogP contribution < -0.4 is 0 Å². The molecule has 4 nitrogen and oxygen atoms in total. The fourth-order valence-corrected chi connectivity index (χ4v) is 1.56. The zero-order valence-electron chi connectivity index (χ0n) is 9.75. The number of halogens is 4. The molecule has 1 aromatic heterocycles. The van der Waals surface area contributed by atoms with Gasteiger partial charge in [-0.05, 0) is 13.8 Å². The third-order valence-corrected chi connectivity index (χ3v) is 2.54. The molecule has 0 saturated heterocycles. The SMILES string of the molecule is Cc1nn(CC(F)(F)C(F)F)c(C)c1CC(=O)O. The molecular formula is C10H12F4N2O2. The standard InChI is InChI=1S/C10H12F4N2O2/c1-5-7(3-8(17)18)6(2)16(15-5)4-10(13,14)9(11)12/h9H,3-4H2,1-2H3,(H,17,18). The van der Waals surface area contributed by atoms with Crippen LogP contribution in [0.1, 0.15) is 17.0 Å². The van der Waals surface area contributed by atoms with Gasteiger partial charge in [-0.3, -0.25) is 9.48 Å². The molecule has 0 unspecified atom stereocenters. The van der Waals surface area contributed by atoms with Crippen molar-refractivity contribution in [2.45, 2.75) is 39.2 Å². The Labute approximate surface area is 100 Å². The highest BCUT2D eigenvalue weighted by Crippen LogP contribution is 2.26. The number of rotatable bonds is 5. The van der Waals surface area contributed by atoms with E-state index < -0.39 is 24.9 Å². The average Bonchev–Trinajstić information content (AvgIpc) is 2.44. The second-order valence-electron chi connectivity index (χ2n) is 3.94. The second kappa shape index (κ2) is 4.95. The minimum atomic E-state index is -4.19. The first kappa shape index (κ1) is 14.5. The van der Waals surface area contributed by atoms with Crippen LogP contribution >= 0.6 is 0 Å². The van der Waals surface area contributed by atoms with E-state index in [0.29, 0.717) is 0 Å². The van der Waals surface area contributed by atoms with Gasteiger partial charge in [0.2, 0.25) is 0 Å². The highest BCUT2D eigenvalue weighted by atomic mass is 19.3. The number of nitrogens with zero attached hydrogens (tertiary/aromatic N) is 2. The predicted molar refractivity (Wildman–Crippen MR) is 54.0 cm³/mol. The van der Waals surface area contributed by atoms with Gasteiger partial charge >= 0.3 is 18.3 Å². The number of carboxylic acids is 1. The van der Waals surface area contributed by atoms with Gasteiger partial charge in [0, 0.05) is 11.3 Å². The van der Waals surface area contributed by atoms with Crippen LogP contribution in [0.25, 0.3) is 0 Å². The van der Waals surface area contributed by atoms with Gasteiger partial charge in [-0.2, -0.15) is 13.9 Å². The van der Waals surface area contributed by atoms with Crippen LogP contribution in [-0.4, -0.2) is 33.2 Å². The molecule has 0 atom stereocenters. The fraction of sp³-hybridized carbons (Fsp3) is 0.600. The molecule has 102 valence electrons. The predicted octanol–water partition coefficient (Wildman–Crippen LogP) is 2.03. The van der Waals surface area contributed by atoms with Crippen molar-refractivity contribution in [2.75, 3.05) is 0 Å². The molecule has 0 aromatic carbocycles. The molecule has 0 amide bonds. The van der Waals surface area contributed by atoms with E-state index in [9.17, 15) is 22.4 Å². The third-order valence-electron chi connectivity index (χ3n) is 2.54. The van der Waals surface area contributed by atoms with E-state index in [1.165, 1.54) is 13.8 Å². The van der Waals surface area contributed by atoms with E-state index in [4.69, 9.17) is 5.11 Å². The molecule has 18 heavy (non-hydrogen) atoms. The van der Waals surface area contributed by atoms with E-state index in [0.717, 1.165) is 4.68 Å². The Balaban J connectivity index is 3.02. The summed E-state index contributed by atoms with van der Waals surface area (Å²) in [6, 6.07) is 0. The summed E-state index contributed by atoms with van der Waals surface area (Å²) in [5.74, 6) is -5.33. The first-order chi connectivity index (χ1) is 8.15. The lowest BCUT2D eigenvalue weighted by atomic mass is 10.1. The van der Waals surface area contributed by atoms with Crippen LogP contribution in [0.15, 0.2) is 0 Å². The van der Waals surface area contributed by atoms with Crippen molar-refractivity contribution in [1.29, 1.82) is 0 Å². The van der Waals surface area contributed by atoms with Crippen LogP contribution in [-0.2, 0) is 17.8 Å². The van der Waals surface area contributed by atoms with Gasteiger partial charge in [0.15, 0.2) is 0 Å². The third kappa shape index (κ3) is 2.99. The first-order valence-electron chi connectivity index (χ1n) is 5.05. The Bertz CT molecular complexity index is 457. The minimum absolute atomic E-state index is 0.162. The number of aliphatic carboxylic acids is 1. The van der Waals surface area contributed by atoms with Crippen LogP contribution in [0.3, 0.4) is 0 Å². The van der Waals surface area contributed by atoms with Crippen molar-refractivity contribution in [1.82, 2.24) is 9.78 Å². The molecule has 0 bridgehead atoms. The zero-order chi connectivity index (χ0) is 14.1. The summed E-state index contributed by atoms with van der Waals surface area (Å²) in [7, 11) is 0. The topological polar surface area (TPSA) is 55.1 Å². The number of hydrogen-bond acceptors (Lipinski definition) is 2. The molecule has 0 saturated carbocycles. The Kier molecular flexibility index (Phi) is 3.98. The maximum absolute atomic E-state index is 12.9. The lowest BCUT2D eigenvalue weighted by molar-refractivity contribution is -0.139. The van der Waals surface area contributed by atoms with E-state index in [1.807, 2.05) is 0 Å². The summed E-state index contributed by atoms with van der Waals surface area (Å²) in [6.45, 7) is 1.55. The number of aromatic nitrogens is 2. The van der Waals surface area contributed by atoms with Crippen molar-refractivity contribution in [2.24, 2.45) is 0 Å². The summed E-state index contributed by atoms with van der Waals surface area (Å²) < 4.78 is 50.6. The van der Waals surface area contributed by atoms with Crippen molar-refractivity contribution in [3.05, 3.63) is 17.0 Å². The van der Waals surface area contributed by atoms with Crippen molar-refractivity contribution >= 4 is 5.97 Å². The molecule has 1 aromatic rings. The van der Waals surface area contributed by atoms with E-state index in [-0.39, 0.29) is 23.4 Å². The van der Waals surface area contributed by atoms with E-state index in [1.54, 1.807) is 0 Å². The largest absolute Gasteiger partial charge is 0.481 e. The summed E-state index contributed by atoms with van der Waals surface area (Å²) in [4.78, 5) is 10.6. The lowest BCUT2D eigenvalue weighted by Gasteiger charge is -2.16. The molecule has 0 aliphatic heterocycles. The quantitative estimate of drug-likeness (QED) is 0.831. The number of carbonyl (C=O) groups is 1. The van der Waals surface area contributed by atoms with Crippen LogP contribution in [0.5, 0.6) is 0 Å². The van der Waals surface area contributed by atoms with Gasteiger partial charge in [-0.25, -0.2) is 8.78 Å². The molecule has 1 N–H and O–H groups in total. The van der Waals surface area contributed by atoms with Gasteiger partial charge in [-0.15, -0.1) is 0 Å². The maximum atomic E-state index is 12.9. The Morgan fingerprint density at radius 2 is 2.00 bits per heavy atom. The molecule has 0 spiro atoms. The van der Waals surface area contributed by atoms with E-state index >= 15 is 0 Å².